The number of aryl methyl sites for hydroxylation is 2. The van der Waals surface area contributed by atoms with Crippen LogP contribution < -0.4 is 5.32 Å². The average Bonchev–Trinajstić information content (AvgIpc) is 2.95. The molecule has 0 saturated heterocycles. The third-order valence-electron chi connectivity index (χ3n) is 4.08. The molecular weight excluding hydrogens is 282 g/mol. The fourth-order valence-corrected chi connectivity index (χ4v) is 2.95. The van der Waals surface area contributed by atoms with Gasteiger partial charge in [0, 0.05) is 10.6 Å². The second-order valence-electron chi connectivity index (χ2n) is 5.58. The molecule has 1 aliphatic carbocycles. The van der Waals surface area contributed by atoms with Crippen LogP contribution in [0.4, 0.5) is 0 Å². The number of hydrogen-bond acceptors (Lipinski definition) is 1. The van der Waals surface area contributed by atoms with Crippen molar-refractivity contribution in [1.29, 1.82) is 0 Å². The lowest BCUT2D eigenvalue weighted by Gasteiger charge is -2.15. The molecule has 1 N–H and O–H groups in total. The number of carbonyl (C=O) groups is 1. The van der Waals surface area contributed by atoms with Gasteiger partial charge in [0.15, 0.2) is 0 Å². The molecule has 0 aromatic heterocycles. The van der Waals surface area contributed by atoms with Crippen molar-refractivity contribution >= 4 is 17.5 Å². The molecule has 1 aliphatic rings. The van der Waals surface area contributed by atoms with Crippen LogP contribution in [-0.4, -0.2) is 5.91 Å². The van der Waals surface area contributed by atoms with Gasteiger partial charge in [-0.3, -0.25) is 4.79 Å². The van der Waals surface area contributed by atoms with Crippen molar-refractivity contribution in [2.24, 2.45) is 0 Å². The van der Waals surface area contributed by atoms with Crippen molar-refractivity contribution in [1.82, 2.24) is 5.32 Å². The highest BCUT2D eigenvalue weighted by Gasteiger charge is 2.15. The summed E-state index contributed by atoms with van der Waals surface area (Å²) in [4.78, 5) is 12.2. The first kappa shape index (κ1) is 14.2. The summed E-state index contributed by atoms with van der Waals surface area (Å²) in [5.74, 6) is -0.0698. The van der Waals surface area contributed by atoms with E-state index < -0.39 is 0 Å². The Kier molecular flexibility index (Phi) is 3.98. The van der Waals surface area contributed by atoms with Gasteiger partial charge in [-0.05, 0) is 67.1 Å². The molecule has 0 spiro atoms. The predicted octanol–water partition coefficient (Wildman–Crippen LogP) is 4.32. The molecule has 2 nitrogen and oxygen atoms in total. The van der Waals surface area contributed by atoms with Crippen LogP contribution in [0.2, 0.25) is 5.02 Å². The van der Waals surface area contributed by atoms with Crippen molar-refractivity contribution in [2.75, 3.05) is 0 Å². The van der Waals surface area contributed by atoms with Crippen LogP contribution in [0.5, 0.6) is 0 Å². The highest BCUT2D eigenvalue weighted by atomic mass is 35.5. The van der Waals surface area contributed by atoms with Crippen LogP contribution in [0.1, 0.15) is 46.4 Å². The Morgan fingerprint density at radius 3 is 2.57 bits per heavy atom. The molecule has 0 aliphatic heterocycles. The summed E-state index contributed by atoms with van der Waals surface area (Å²) in [6.07, 6.45) is 3.58. The van der Waals surface area contributed by atoms with Gasteiger partial charge in [0.05, 0.1) is 6.04 Å². The molecule has 108 valence electrons. The lowest BCUT2D eigenvalue weighted by Crippen LogP contribution is -2.26. The summed E-state index contributed by atoms with van der Waals surface area (Å²) in [5.41, 5.74) is 4.68. The van der Waals surface area contributed by atoms with Crippen LogP contribution >= 0.6 is 11.6 Å². The summed E-state index contributed by atoms with van der Waals surface area (Å²) in [6, 6.07) is 13.5. The van der Waals surface area contributed by atoms with E-state index in [-0.39, 0.29) is 11.9 Å². The molecule has 2 aromatic rings. The number of rotatable bonds is 3. The van der Waals surface area contributed by atoms with Crippen LogP contribution in [-0.2, 0) is 12.8 Å². The number of amides is 1. The molecule has 21 heavy (non-hydrogen) atoms. The van der Waals surface area contributed by atoms with Crippen LogP contribution in [0, 0.1) is 0 Å². The fraction of sp³-hybridized carbons (Fsp3) is 0.278. The van der Waals surface area contributed by atoms with Gasteiger partial charge < -0.3 is 5.32 Å². The van der Waals surface area contributed by atoms with Gasteiger partial charge in [0.2, 0.25) is 0 Å². The number of benzene rings is 2. The quantitative estimate of drug-likeness (QED) is 0.898. The van der Waals surface area contributed by atoms with Gasteiger partial charge in [-0.2, -0.15) is 0 Å². The number of hydrogen-bond donors (Lipinski definition) is 1. The van der Waals surface area contributed by atoms with E-state index in [1.165, 1.54) is 24.0 Å². The summed E-state index contributed by atoms with van der Waals surface area (Å²) < 4.78 is 0. The van der Waals surface area contributed by atoms with Crippen molar-refractivity contribution in [3.05, 3.63) is 69.7 Å². The minimum Gasteiger partial charge on any atom is -0.346 e. The van der Waals surface area contributed by atoms with E-state index in [1.54, 1.807) is 24.3 Å². The normalized spacial score (nSPS) is 14.6. The van der Waals surface area contributed by atoms with Gasteiger partial charge in [-0.1, -0.05) is 29.8 Å². The van der Waals surface area contributed by atoms with E-state index in [2.05, 4.69) is 23.5 Å². The van der Waals surface area contributed by atoms with Crippen molar-refractivity contribution in [3.63, 3.8) is 0 Å². The molecule has 1 atom stereocenters. The lowest BCUT2D eigenvalue weighted by atomic mass is 10.0. The fourth-order valence-electron chi connectivity index (χ4n) is 2.83. The Balaban J connectivity index is 1.72. The second-order valence-corrected chi connectivity index (χ2v) is 6.02. The lowest BCUT2D eigenvalue weighted by molar-refractivity contribution is 0.0940. The third-order valence-corrected chi connectivity index (χ3v) is 4.33. The zero-order valence-corrected chi connectivity index (χ0v) is 12.8. The molecule has 0 heterocycles. The van der Waals surface area contributed by atoms with Gasteiger partial charge in [-0.15, -0.1) is 0 Å². The zero-order valence-electron chi connectivity index (χ0n) is 12.0. The SMILES string of the molecule is C[C@H](NC(=O)c1ccc(Cl)cc1)c1ccc2c(c1)CCC2. The minimum absolute atomic E-state index is 0.000854. The molecule has 0 unspecified atom stereocenters. The Bertz CT molecular complexity index is 663. The van der Waals surface area contributed by atoms with Crippen LogP contribution in [0.15, 0.2) is 42.5 Å². The zero-order chi connectivity index (χ0) is 14.8. The average molecular weight is 300 g/mol. The molecular formula is C18H18ClNO. The van der Waals surface area contributed by atoms with E-state index in [1.807, 2.05) is 6.92 Å². The summed E-state index contributed by atoms with van der Waals surface area (Å²) >= 11 is 5.84. The Labute approximate surface area is 130 Å². The standard InChI is InChI=1S/C18H18ClNO/c1-12(15-6-5-13-3-2-4-16(13)11-15)20-18(21)14-7-9-17(19)10-8-14/h5-12H,2-4H2,1H3,(H,20,21)/t12-/m0/s1. The highest BCUT2D eigenvalue weighted by molar-refractivity contribution is 6.30. The number of halogens is 1. The van der Waals surface area contributed by atoms with E-state index in [4.69, 9.17) is 11.6 Å². The maximum absolute atomic E-state index is 12.2. The second kappa shape index (κ2) is 5.90. The molecule has 3 rings (SSSR count). The van der Waals surface area contributed by atoms with Crippen molar-refractivity contribution in [3.8, 4) is 0 Å². The highest BCUT2D eigenvalue weighted by Crippen LogP contribution is 2.25. The number of nitrogens with one attached hydrogen (secondary N) is 1. The van der Waals surface area contributed by atoms with Crippen LogP contribution in [0.25, 0.3) is 0 Å². The molecule has 0 saturated carbocycles. The van der Waals surface area contributed by atoms with Gasteiger partial charge in [-0.25, -0.2) is 0 Å². The van der Waals surface area contributed by atoms with Crippen molar-refractivity contribution < 1.29 is 4.79 Å². The van der Waals surface area contributed by atoms with Gasteiger partial charge in [0.25, 0.3) is 5.91 Å². The predicted molar refractivity (Wildman–Crippen MR) is 85.8 cm³/mol. The van der Waals surface area contributed by atoms with Gasteiger partial charge in [0.1, 0.15) is 0 Å². The molecule has 0 radical (unpaired) electrons. The van der Waals surface area contributed by atoms with E-state index in [0.29, 0.717) is 10.6 Å². The first-order chi connectivity index (χ1) is 10.1. The largest absolute Gasteiger partial charge is 0.346 e. The summed E-state index contributed by atoms with van der Waals surface area (Å²) in [7, 11) is 0. The maximum Gasteiger partial charge on any atom is 0.251 e. The molecule has 2 aromatic carbocycles. The first-order valence-electron chi connectivity index (χ1n) is 7.31. The first-order valence-corrected chi connectivity index (χ1v) is 7.69. The molecule has 1 amide bonds. The summed E-state index contributed by atoms with van der Waals surface area (Å²) in [6.45, 7) is 2.02. The molecule has 3 heteroatoms. The van der Waals surface area contributed by atoms with E-state index in [0.717, 1.165) is 12.0 Å². The maximum atomic E-state index is 12.2. The summed E-state index contributed by atoms with van der Waals surface area (Å²) in [5, 5.41) is 3.68. The Morgan fingerprint density at radius 1 is 1.10 bits per heavy atom. The van der Waals surface area contributed by atoms with Gasteiger partial charge >= 0.3 is 0 Å². The smallest absolute Gasteiger partial charge is 0.251 e. The Morgan fingerprint density at radius 2 is 1.81 bits per heavy atom. The van der Waals surface area contributed by atoms with E-state index in [9.17, 15) is 4.79 Å². The van der Waals surface area contributed by atoms with Crippen LogP contribution in [0.3, 0.4) is 0 Å². The molecule has 0 fully saturated rings. The molecule has 0 bridgehead atoms. The number of fused-ring (bicyclic) bond motifs is 1. The third kappa shape index (κ3) is 3.11. The Hall–Kier alpha value is -1.80. The van der Waals surface area contributed by atoms with E-state index >= 15 is 0 Å². The minimum atomic E-state index is -0.0698. The monoisotopic (exact) mass is 299 g/mol. The number of carbonyl (C=O) groups excluding carboxylic acids is 1. The van der Waals surface area contributed by atoms with Crippen molar-refractivity contribution in [2.45, 2.75) is 32.2 Å². The topological polar surface area (TPSA) is 29.1 Å².